The van der Waals surface area contributed by atoms with Gasteiger partial charge in [0.15, 0.2) is 0 Å². The molecule has 1 atom stereocenters. The molecule has 0 saturated carbocycles. The molecule has 0 saturated heterocycles. The fourth-order valence-electron chi connectivity index (χ4n) is 1.62. The first-order chi connectivity index (χ1) is 8.79. The van der Waals surface area contributed by atoms with Crippen LogP contribution < -0.4 is 5.32 Å². The molecule has 0 radical (unpaired) electrons. The number of nitrogens with zero attached hydrogens (tertiary/aromatic N) is 3. The number of rotatable bonds is 5. The molecule has 1 heterocycles. The van der Waals surface area contributed by atoms with Gasteiger partial charge >= 0.3 is 0 Å². The molecule has 6 heteroatoms. The van der Waals surface area contributed by atoms with Crippen molar-refractivity contribution in [3.05, 3.63) is 48.3 Å². The standard InChI is InChI=1S/C12H14N4O2/c17-9-11(10-4-2-1-3-5-10)14-12(18)8-16-7-6-13-15-16/h1-7,11,17H,8-9H2,(H,14,18)/t11-/m1/s1. The van der Waals surface area contributed by atoms with E-state index < -0.39 is 6.04 Å². The lowest BCUT2D eigenvalue weighted by molar-refractivity contribution is -0.123. The van der Waals surface area contributed by atoms with Gasteiger partial charge < -0.3 is 10.4 Å². The summed E-state index contributed by atoms with van der Waals surface area (Å²) in [5.41, 5.74) is 0.868. The van der Waals surface area contributed by atoms with Crippen molar-refractivity contribution in [2.24, 2.45) is 0 Å². The average molecular weight is 246 g/mol. The van der Waals surface area contributed by atoms with Crippen molar-refractivity contribution in [2.75, 3.05) is 6.61 Å². The minimum atomic E-state index is -0.401. The van der Waals surface area contributed by atoms with Gasteiger partial charge in [0.05, 0.1) is 18.8 Å². The van der Waals surface area contributed by atoms with E-state index in [0.717, 1.165) is 5.56 Å². The van der Waals surface area contributed by atoms with Crippen molar-refractivity contribution in [2.45, 2.75) is 12.6 Å². The van der Waals surface area contributed by atoms with Gasteiger partial charge in [-0.25, -0.2) is 4.68 Å². The highest BCUT2D eigenvalue weighted by atomic mass is 16.3. The van der Waals surface area contributed by atoms with Gasteiger partial charge in [-0.2, -0.15) is 0 Å². The van der Waals surface area contributed by atoms with Crippen LogP contribution in [-0.4, -0.2) is 32.6 Å². The molecule has 6 nitrogen and oxygen atoms in total. The molecule has 0 unspecified atom stereocenters. The Kier molecular flexibility index (Phi) is 4.03. The van der Waals surface area contributed by atoms with E-state index in [4.69, 9.17) is 0 Å². The molecule has 0 fully saturated rings. The summed E-state index contributed by atoms with van der Waals surface area (Å²) in [7, 11) is 0. The minimum Gasteiger partial charge on any atom is -0.394 e. The molecule has 0 aliphatic carbocycles. The third-order valence-corrected chi connectivity index (χ3v) is 2.50. The van der Waals surface area contributed by atoms with Crippen LogP contribution in [0.3, 0.4) is 0 Å². The Balaban J connectivity index is 1.96. The Hall–Kier alpha value is -2.21. The predicted octanol–water partition coefficient (Wildman–Crippen LogP) is 0.128. The summed E-state index contributed by atoms with van der Waals surface area (Å²) >= 11 is 0. The van der Waals surface area contributed by atoms with Crippen molar-refractivity contribution in [3.8, 4) is 0 Å². The maximum absolute atomic E-state index is 11.7. The molecule has 0 spiro atoms. The molecule has 2 rings (SSSR count). The Labute approximate surface area is 104 Å². The highest BCUT2D eigenvalue weighted by Gasteiger charge is 2.13. The van der Waals surface area contributed by atoms with Gasteiger partial charge in [-0.3, -0.25) is 4.79 Å². The Morgan fingerprint density at radius 1 is 1.39 bits per heavy atom. The van der Waals surface area contributed by atoms with E-state index >= 15 is 0 Å². The van der Waals surface area contributed by atoms with Crippen molar-refractivity contribution in [1.29, 1.82) is 0 Å². The molecule has 2 N–H and O–H groups in total. The number of carbonyl (C=O) groups is 1. The lowest BCUT2D eigenvalue weighted by atomic mass is 10.1. The van der Waals surface area contributed by atoms with Gasteiger partial charge in [0, 0.05) is 6.20 Å². The highest BCUT2D eigenvalue weighted by Crippen LogP contribution is 2.11. The van der Waals surface area contributed by atoms with E-state index in [0.29, 0.717) is 0 Å². The Morgan fingerprint density at radius 2 is 2.17 bits per heavy atom. The summed E-state index contributed by atoms with van der Waals surface area (Å²) in [5.74, 6) is -0.219. The molecule has 94 valence electrons. The molecular formula is C12H14N4O2. The Morgan fingerprint density at radius 3 is 2.78 bits per heavy atom. The summed E-state index contributed by atoms with van der Waals surface area (Å²) < 4.78 is 1.43. The average Bonchev–Trinajstić information content (AvgIpc) is 2.90. The van der Waals surface area contributed by atoms with Gasteiger partial charge in [-0.1, -0.05) is 35.5 Å². The van der Waals surface area contributed by atoms with Crippen LogP contribution in [-0.2, 0) is 11.3 Å². The van der Waals surface area contributed by atoms with Gasteiger partial charge in [0.1, 0.15) is 6.54 Å². The van der Waals surface area contributed by atoms with E-state index in [2.05, 4.69) is 15.6 Å². The van der Waals surface area contributed by atoms with Crippen LogP contribution in [0.1, 0.15) is 11.6 Å². The number of aromatic nitrogens is 3. The smallest absolute Gasteiger partial charge is 0.242 e. The number of aliphatic hydroxyl groups excluding tert-OH is 1. The maximum atomic E-state index is 11.7. The molecule has 18 heavy (non-hydrogen) atoms. The number of aliphatic hydroxyl groups is 1. The zero-order chi connectivity index (χ0) is 12.8. The summed E-state index contributed by atoms with van der Waals surface area (Å²) in [6, 6.07) is 8.92. The number of amides is 1. The van der Waals surface area contributed by atoms with Crippen LogP contribution in [0.15, 0.2) is 42.7 Å². The first-order valence-corrected chi connectivity index (χ1v) is 5.59. The molecule has 2 aromatic rings. The minimum absolute atomic E-state index is 0.0866. The predicted molar refractivity (Wildman–Crippen MR) is 64.4 cm³/mol. The van der Waals surface area contributed by atoms with E-state index in [1.54, 1.807) is 6.20 Å². The molecule has 1 amide bonds. The summed E-state index contributed by atoms with van der Waals surface area (Å²) in [4.78, 5) is 11.7. The van der Waals surface area contributed by atoms with Crippen LogP contribution in [0.2, 0.25) is 0 Å². The Bertz CT molecular complexity index is 484. The largest absolute Gasteiger partial charge is 0.394 e. The fraction of sp³-hybridized carbons (Fsp3) is 0.250. The van der Waals surface area contributed by atoms with E-state index in [1.807, 2.05) is 30.3 Å². The fourth-order valence-corrected chi connectivity index (χ4v) is 1.62. The molecule has 0 bridgehead atoms. The number of hydrogen-bond acceptors (Lipinski definition) is 4. The SMILES string of the molecule is O=C(Cn1ccnn1)N[C@H](CO)c1ccccc1. The lowest BCUT2D eigenvalue weighted by Gasteiger charge is -2.16. The second-order valence-electron chi connectivity index (χ2n) is 3.81. The van der Waals surface area contributed by atoms with Gasteiger partial charge in [0.25, 0.3) is 0 Å². The maximum Gasteiger partial charge on any atom is 0.242 e. The first kappa shape index (κ1) is 12.3. The summed E-state index contributed by atoms with van der Waals surface area (Å²) in [6.07, 6.45) is 3.12. The third kappa shape index (κ3) is 3.14. The molecule has 1 aromatic heterocycles. The quantitative estimate of drug-likeness (QED) is 0.785. The van der Waals surface area contributed by atoms with Gasteiger partial charge in [0.2, 0.25) is 5.91 Å². The van der Waals surface area contributed by atoms with Crippen molar-refractivity contribution < 1.29 is 9.90 Å². The van der Waals surface area contributed by atoms with Crippen molar-refractivity contribution in [3.63, 3.8) is 0 Å². The number of hydrogen-bond donors (Lipinski definition) is 2. The van der Waals surface area contributed by atoms with E-state index in [-0.39, 0.29) is 19.1 Å². The normalized spacial score (nSPS) is 12.1. The van der Waals surface area contributed by atoms with Crippen LogP contribution in [0.4, 0.5) is 0 Å². The van der Waals surface area contributed by atoms with Crippen molar-refractivity contribution >= 4 is 5.91 Å². The van der Waals surface area contributed by atoms with E-state index in [1.165, 1.54) is 10.9 Å². The van der Waals surface area contributed by atoms with E-state index in [9.17, 15) is 9.90 Å². The zero-order valence-corrected chi connectivity index (χ0v) is 9.73. The second kappa shape index (κ2) is 5.92. The molecule has 0 aliphatic rings. The van der Waals surface area contributed by atoms with Crippen molar-refractivity contribution in [1.82, 2.24) is 20.3 Å². The first-order valence-electron chi connectivity index (χ1n) is 5.59. The molecule has 1 aromatic carbocycles. The molecular weight excluding hydrogens is 232 g/mol. The van der Waals surface area contributed by atoms with Crippen LogP contribution >= 0.6 is 0 Å². The van der Waals surface area contributed by atoms with Crippen LogP contribution in [0, 0.1) is 0 Å². The topological polar surface area (TPSA) is 80.0 Å². The van der Waals surface area contributed by atoms with Gasteiger partial charge in [-0.05, 0) is 5.56 Å². The monoisotopic (exact) mass is 246 g/mol. The van der Waals surface area contributed by atoms with Crippen LogP contribution in [0.25, 0.3) is 0 Å². The zero-order valence-electron chi connectivity index (χ0n) is 9.73. The molecule has 0 aliphatic heterocycles. The number of nitrogens with one attached hydrogen (secondary N) is 1. The van der Waals surface area contributed by atoms with Gasteiger partial charge in [-0.15, -0.1) is 5.10 Å². The summed E-state index contributed by atoms with van der Waals surface area (Å²) in [5, 5.41) is 19.4. The summed E-state index contributed by atoms with van der Waals surface area (Å²) in [6.45, 7) is -0.0591. The third-order valence-electron chi connectivity index (χ3n) is 2.50. The van der Waals surface area contributed by atoms with Crippen LogP contribution in [0.5, 0.6) is 0 Å². The number of benzene rings is 1. The second-order valence-corrected chi connectivity index (χ2v) is 3.81. The lowest BCUT2D eigenvalue weighted by Crippen LogP contribution is -2.33. The number of carbonyl (C=O) groups excluding carboxylic acids is 1. The highest BCUT2D eigenvalue weighted by molar-refractivity contribution is 5.76.